The summed E-state index contributed by atoms with van der Waals surface area (Å²) in [6, 6.07) is 22.7. The third-order valence-corrected chi connectivity index (χ3v) is 5.99. The fraction of sp³-hybridized carbons (Fsp3) is 0.333. The Labute approximate surface area is 184 Å². The first-order valence-electron chi connectivity index (χ1n) is 11.0. The molecule has 160 valence electrons. The third-order valence-electron chi connectivity index (χ3n) is 5.99. The van der Waals surface area contributed by atoms with Crippen LogP contribution in [-0.2, 0) is 17.6 Å². The average molecular weight is 415 g/mol. The van der Waals surface area contributed by atoms with Gasteiger partial charge in [-0.05, 0) is 67.1 Å². The molecule has 0 spiro atoms. The predicted molar refractivity (Wildman–Crippen MR) is 123 cm³/mol. The molecule has 1 atom stereocenters. The zero-order valence-corrected chi connectivity index (χ0v) is 18.4. The molecule has 1 saturated heterocycles. The van der Waals surface area contributed by atoms with Gasteiger partial charge in [0.15, 0.2) is 0 Å². The van der Waals surface area contributed by atoms with E-state index in [1.54, 1.807) is 7.11 Å². The van der Waals surface area contributed by atoms with Gasteiger partial charge in [-0.2, -0.15) is 0 Å². The van der Waals surface area contributed by atoms with Gasteiger partial charge >= 0.3 is 0 Å². The number of ether oxygens (including phenoxy) is 1. The van der Waals surface area contributed by atoms with Crippen molar-refractivity contribution in [3.8, 4) is 5.75 Å². The maximum atomic E-state index is 12.9. The molecule has 0 saturated carbocycles. The van der Waals surface area contributed by atoms with Gasteiger partial charge in [0.25, 0.3) is 0 Å². The monoisotopic (exact) mass is 414 g/mol. The van der Waals surface area contributed by atoms with Crippen LogP contribution in [0.5, 0.6) is 5.75 Å². The molecule has 1 fully saturated rings. The molecule has 0 N–H and O–H groups in total. The molecule has 1 aromatic heterocycles. The van der Waals surface area contributed by atoms with Gasteiger partial charge in [0, 0.05) is 30.4 Å². The van der Waals surface area contributed by atoms with Crippen LogP contribution in [0.4, 0.5) is 0 Å². The Balaban J connectivity index is 1.44. The number of hydrogen-bond acceptors (Lipinski definition) is 3. The minimum atomic E-state index is 0.187. The Bertz CT molecular complexity index is 1020. The summed E-state index contributed by atoms with van der Waals surface area (Å²) in [7, 11) is 1.65. The fourth-order valence-electron chi connectivity index (χ4n) is 4.39. The molecule has 1 unspecified atom stereocenters. The summed E-state index contributed by atoms with van der Waals surface area (Å²) in [6.07, 6.45) is 3.43. The average Bonchev–Trinajstić information content (AvgIpc) is 2.80. The summed E-state index contributed by atoms with van der Waals surface area (Å²) in [5.74, 6) is 1.29. The predicted octanol–water partition coefficient (Wildman–Crippen LogP) is 4.94. The number of piperidine rings is 1. The van der Waals surface area contributed by atoms with E-state index >= 15 is 0 Å². The maximum Gasteiger partial charge on any atom is 0.227 e. The molecule has 1 amide bonds. The van der Waals surface area contributed by atoms with Crippen LogP contribution in [0.3, 0.4) is 0 Å². The van der Waals surface area contributed by atoms with Crippen molar-refractivity contribution in [1.29, 1.82) is 0 Å². The number of pyridine rings is 1. The van der Waals surface area contributed by atoms with Crippen LogP contribution in [0.1, 0.15) is 46.8 Å². The Morgan fingerprint density at radius 2 is 1.81 bits per heavy atom. The Hall–Kier alpha value is -3.14. The van der Waals surface area contributed by atoms with E-state index in [2.05, 4.69) is 43.3 Å². The smallest absolute Gasteiger partial charge is 0.227 e. The lowest BCUT2D eigenvalue weighted by atomic mass is 9.92. The van der Waals surface area contributed by atoms with Gasteiger partial charge in [-0.1, -0.05) is 42.5 Å². The van der Waals surface area contributed by atoms with Crippen molar-refractivity contribution < 1.29 is 9.53 Å². The van der Waals surface area contributed by atoms with E-state index in [1.165, 1.54) is 11.1 Å². The Morgan fingerprint density at radius 3 is 2.55 bits per heavy atom. The molecule has 0 aliphatic carbocycles. The fourth-order valence-corrected chi connectivity index (χ4v) is 4.39. The quantitative estimate of drug-likeness (QED) is 0.574. The number of likely N-dealkylation sites (tertiary alicyclic amines) is 1. The number of rotatable bonds is 6. The highest BCUT2D eigenvalue weighted by atomic mass is 16.5. The van der Waals surface area contributed by atoms with Gasteiger partial charge in [-0.3, -0.25) is 9.78 Å². The number of amides is 1. The van der Waals surface area contributed by atoms with Crippen LogP contribution >= 0.6 is 0 Å². The third kappa shape index (κ3) is 5.52. The minimum Gasteiger partial charge on any atom is -0.497 e. The summed E-state index contributed by atoms with van der Waals surface area (Å²) in [6.45, 7) is 3.64. The first kappa shape index (κ1) is 21.1. The van der Waals surface area contributed by atoms with Crippen molar-refractivity contribution in [3.05, 3.63) is 94.8 Å². The number of nitrogens with zero attached hydrogens (tertiary/aromatic N) is 2. The van der Waals surface area contributed by atoms with E-state index < -0.39 is 0 Å². The second kappa shape index (κ2) is 9.78. The number of aromatic nitrogens is 1. The topological polar surface area (TPSA) is 42.4 Å². The van der Waals surface area contributed by atoms with Crippen LogP contribution in [0.2, 0.25) is 0 Å². The van der Waals surface area contributed by atoms with Gasteiger partial charge in [0.05, 0.1) is 13.5 Å². The first-order chi connectivity index (χ1) is 15.1. The molecule has 2 aromatic carbocycles. The first-order valence-corrected chi connectivity index (χ1v) is 11.0. The number of carbonyl (C=O) groups is 1. The standard InChI is InChI=1S/C27H30N2O2/c1-20-15-23(16-21-7-4-3-5-8-21)17-26(28-20)24-9-6-14-29(19-24)27(30)18-22-10-12-25(31-2)13-11-22/h3-5,7-8,10-13,15,17,24H,6,9,14,16,18-19H2,1-2H3. The van der Waals surface area contributed by atoms with E-state index in [1.807, 2.05) is 35.2 Å². The highest BCUT2D eigenvalue weighted by Gasteiger charge is 2.26. The van der Waals surface area contributed by atoms with Gasteiger partial charge < -0.3 is 9.64 Å². The van der Waals surface area contributed by atoms with Crippen LogP contribution in [0, 0.1) is 6.92 Å². The highest BCUT2D eigenvalue weighted by Crippen LogP contribution is 2.28. The summed E-state index contributed by atoms with van der Waals surface area (Å²) in [5, 5.41) is 0. The summed E-state index contributed by atoms with van der Waals surface area (Å²) in [4.78, 5) is 19.8. The molecule has 31 heavy (non-hydrogen) atoms. The molecular formula is C27H30N2O2. The normalized spacial score (nSPS) is 16.2. The van der Waals surface area contributed by atoms with Gasteiger partial charge in [-0.25, -0.2) is 0 Å². The number of benzene rings is 2. The van der Waals surface area contributed by atoms with Crippen molar-refractivity contribution in [2.45, 2.75) is 38.5 Å². The lowest BCUT2D eigenvalue weighted by Gasteiger charge is -2.33. The zero-order chi connectivity index (χ0) is 21.6. The van der Waals surface area contributed by atoms with Crippen molar-refractivity contribution in [1.82, 2.24) is 9.88 Å². The second-order valence-corrected chi connectivity index (χ2v) is 8.41. The van der Waals surface area contributed by atoms with E-state index in [0.717, 1.165) is 55.1 Å². The highest BCUT2D eigenvalue weighted by molar-refractivity contribution is 5.79. The van der Waals surface area contributed by atoms with Crippen LogP contribution in [0.15, 0.2) is 66.7 Å². The summed E-state index contributed by atoms with van der Waals surface area (Å²) in [5.41, 5.74) is 5.78. The van der Waals surface area contributed by atoms with Gasteiger partial charge in [0.1, 0.15) is 5.75 Å². The van der Waals surface area contributed by atoms with Crippen molar-refractivity contribution in [2.75, 3.05) is 20.2 Å². The van der Waals surface area contributed by atoms with E-state index in [0.29, 0.717) is 12.3 Å². The number of methoxy groups -OCH3 is 1. The van der Waals surface area contributed by atoms with Crippen molar-refractivity contribution in [3.63, 3.8) is 0 Å². The largest absolute Gasteiger partial charge is 0.497 e. The Morgan fingerprint density at radius 1 is 1.03 bits per heavy atom. The molecule has 0 bridgehead atoms. The molecule has 0 radical (unpaired) electrons. The molecule has 4 nitrogen and oxygen atoms in total. The van der Waals surface area contributed by atoms with Crippen LogP contribution in [-0.4, -0.2) is 36.0 Å². The number of carbonyl (C=O) groups excluding carboxylic acids is 1. The van der Waals surface area contributed by atoms with Crippen molar-refractivity contribution >= 4 is 5.91 Å². The molecule has 2 heterocycles. The molecule has 3 aromatic rings. The number of aryl methyl sites for hydroxylation is 1. The molecule has 4 rings (SSSR count). The molecular weight excluding hydrogens is 384 g/mol. The maximum absolute atomic E-state index is 12.9. The summed E-state index contributed by atoms with van der Waals surface area (Å²) >= 11 is 0. The lowest BCUT2D eigenvalue weighted by Crippen LogP contribution is -2.40. The zero-order valence-electron chi connectivity index (χ0n) is 18.4. The Kier molecular flexibility index (Phi) is 6.66. The molecule has 1 aliphatic rings. The van der Waals surface area contributed by atoms with Gasteiger partial charge in [-0.15, -0.1) is 0 Å². The van der Waals surface area contributed by atoms with Crippen LogP contribution in [0.25, 0.3) is 0 Å². The summed E-state index contributed by atoms with van der Waals surface area (Å²) < 4.78 is 5.21. The van der Waals surface area contributed by atoms with E-state index in [-0.39, 0.29) is 5.91 Å². The van der Waals surface area contributed by atoms with Crippen LogP contribution < -0.4 is 4.74 Å². The lowest BCUT2D eigenvalue weighted by molar-refractivity contribution is -0.131. The molecule has 1 aliphatic heterocycles. The van der Waals surface area contributed by atoms with E-state index in [4.69, 9.17) is 9.72 Å². The minimum absolute atomic E-state index is 0.187. The number of hydrogen-bond donors (Lipinski definition) is 0. The van der Waals surface area contributed by atoms with Gasteiger partial charge in [0.2, 0.25) is 5.91 Å². The second-order valence-electron chi connectivity index (χ2n) is 8.41. The van der Waals surface area contributed by atoms with E-state index in [9.17, 15) is 4.79 Å². The van der Waals surface area contributed by atoms with Crippen molar-refractivity contribution in [2.24, 2.45) is 0 Å². The SMILES string of the molecule is COc1ccc(CC(=O)N2CCCC(c3cc(Cc4ccccc4)cc(C)n3)C2)cc1. The molecule has 4 heteroatoms.